The molecule has 2 aromatic carbocycles. The number of benzene rings is 2. The van der Waals surface area contributed by atoms with Crippen molar-refractivity contribution in [3.05, 3.63) is 53.6 Å². The first-order chi connectivity index (χ1) is 11.7. The van der Waals surface area contributed by atoms with E-state index in [1.54, 1.807) is 36.0 Å². The summed E-state index contributed by atoms with van der Waals surface area (Å²) in [6.45, 7) is 0.851. The van der Waals surface area contributed by atoms with Crippen molar-refractivity contribution in [1.82, 2.24) is 0 Å². The van der Waals surface area contributed by atoms with Gasteiger partial charge in [0, 0.05) is 16.5 Å². The second kappa shape index (κ2) is 8.46. The Hall–Kier alpha value is -1.63. The van der Waals surface area contributed by atoms with Crippen LogP contribution in [0.1, 0.15) is 0 Å². The highest BCUT2D eigenvalue weighted by Gasteiger charge is 2.10. The van der Waals surface area contributed by atoms with Crippen LogP contribution in [-0.4, -0.2) is 28.3 Å². The van der Waals surface area contributed by atoms with Gasteiger partial charge in [0.05, 0.1) is 12.3 Å². The maximum atomic E-state index is 11.9. The average molecular weight is 379 g/mol. The van der Waals surface area contributed by atoms with Crippen LogP contribution in [0.3, 0.4) is 0 Å². The summed E-state index contributed by atoms with van der Waals surface area (Å²) in [6.07, 6.45) is 0. The van der Waals surface area contributed by atoms with Gasteiger partial charge in [-0.3, -0.25) is 9.79 Å². The third kappa shape index (κ3) is 5.19. The third-order valence-electron chi connectivity index (χ3n) is 3.07. The molecule has 0 aromatic heterocycles. The number of aliphatic imine (C=N–C) groups is 1. The molecule has 1 amide bonds. The number of halogens is 1. The zero-order valence-electron chi connectivity index (χ0n) is 12.7. The first-order valence-corrected chi connectivity index (χ1v) is 9.67. The van der Waals surface area contributed by atoms with Crippen LogP contribution in [0.2, 0.25) is 5.02 Å². The SMILES string of the molecule is O=C(CSC1=NCCS1)Nc1ccc(Oc2ccc(Cl)cc2)cc1. The molecule has 0 bridgehead atoms. The van der Waals surface area contributed by atoms with Crippen LogP contribution in [0.15, 0.2) is 53.5 Å². The molecule has 2 aromatic rings. The molecule has 7 heteroatoms. The van der Waals surface area contributed by atoms with E-state index in [0.29, 0.717) is 22.3 Å². The standard InChI is InChI=1S/C17H15ClN2O2S2/c18-12-1-5-14(6-2-12)22-15-7-3-13(4-8-15)20-16(21)11-24-17-19-9-10-23-17/h1-8H,9-11H2,(H,20,21). The molecule has 0 spiro atoms. The van der Waals surface area contributed by atoms with Gasteiger partial charge in [0.15, 0.2) is 0 Å². The molecule has 0 saturated carbocycles. The predicted molar refractivity (Wildman–Crippen MR) is 104 cm³/mol. The zero-order valence-corrected chi connectivity index (χ0v) is 15.1. The van der Waals surface area contributed by atoms with E-state index in [4.69, 9.17) is 16.3 Å². The summed E-state index contributed by atoms with van der Waals surface area (Å²) in [7, 11) is 0. The van der Waals surface area contributed by atoms with Crippen molar-refractivity contribution < 1.29 is 9.53 Å². The lowest BCUT2D eigenvalue weighted by Gasteiger charge is -2.08. The molecule has 1 aliphatic rings. The Morgan fingerprint density at radius 1 is 1.17 bits per heavy atom. The summed E-state index contributed by atoms with van der Waals surface area (Å²) in [5.41, 5.74) is 0.741. The van der Waals surface area contributed by atoms with Gasteiger partial charge in [0.25, 0.3) is 0 Å². The predicted octanol–water partition coefficient (Wildman–Crippen LogP) is 4.91. The Kier molecular flexibility index (Phi) is 6.07. The van der Waals surface area contributed by atoms with Gasteiger partial charge in [-0.05, 0) is 48.5 Å². The highest BCUT2D eigenvalue weighted by molar-refractivity contribution is 8.39. The molecule has 0 unspecified atom stereocenters. The summed E-state index contributed by atoms with van der Waals surface area (Å²) in [5, 5.41) is 3.53. The fourth-order valence-electron chi connectivity index (χ4n) is 1.97. The Labute approximate surface area is 154 Å². The molecular weight excluding hydrogens is 364 g/mol. The minimum Gasteiger partial charge on any atom is -0.457 e. The Morgan fingerprint density at radius 3 is 2.46 bits per heavy atom. The Balaban J connectivity index is 1.50. The number of hydrogen-bond acceptors (Lipinski definition) is 5. The van der Waals surface area contributed by atoms with E-state index in [9.17, 15) is 4.79 Å². The van der Waals surface area contributed by atoms with E-state index in [-0.39, 0.29) is 5.91 Å². The number of thioether (sulfide) groups is 2. The van der Waals surface area contributed by atoms with Gasteiger partial charge in [0.2, 0.25) is 5.91 Å². The number of rotatable bonds is 5. The van der Waals surface area contributed by atoms with Crippen molar-refractivity contribution in [2.45, 2.75) is 0 Å². The van der Waals surface area contributed by atoms with Crippen LogP contribution >= 0.6 is 35.1 Å². The second-order valence-electron chi connectivity index (χ2n) is 4.91. The first-order valence-electron chi connectivity index (χ1n) is 7.32. The topological polar surface area (TPSA) is 50.7 Å². The largest absolute Gasteiger partial charge is 0.457 e. The van der Waals surface area contributed by atoms with E-state index >= 15 is 0 Å². The van der Waals surface area contributed by atoms with Crippen LogP contribution in [0.5, 0.6) is 11.5 Å². The lowest BCUT2D eigenvalue weighted by molar-refractivity contribution is -0.113. The van der Waals surface area contributed by atoms with E-state index < -0.39 is 0 Å². The number of amides is 1. The third-order valence-corrected chi connectivity index (χ3v) is 5.58. The molecule has 0 aliphatic carbocycles. The van der Waals surface area contributed by atoms with Crippen LogP contribution < -0.4 is 10.1 Å². The van der Waals surface area contributed by atoms with Gasteiger partial charge in [0.1, 0.15) is 15.9 Å². The van der Waals surface area contributed by atoms with Crippen LogP contribution in [0.25, 0.3) is 0 Å². The molecule has 1 N–H and O–H groups in total. The minimum atomic E-state index is -0.0402. The molecule has 24 heavy (non-hydrogen) atoms. The van der Waals surface area contributed by atoms with Crippen molar-refractivity contribution in [3.8, 4) is 11.5 Å². The fourth-order valence-corrected chi connectivity index (χ4v) is 3.91. The van der Waals surface area contributed by atoms with Gasteiger partial charge in [-0.2, -0.15) is 0 Å². The maximum absolute atomic E-state index is 11.9. The molecule has 1 heterocycles. The minimum absolute atomic E-state index is 0.0402. The summed E-state index contributed by atoms with van der Waals surface area (Å²) in [6, 6.07) is 14.4. The Morgan fingerprint density at radius 2 is 1.83 bits per heavy atom. The molecule has 4 nitrogen and oxygen atoms in total. The molecular formula is C17H15ClN2O2S2. The molecule has 3 rings (SSSR count). The summed E-state index contributed by atoms with van der Waals surface area (Å²) < 4.78 is 6.71. The number of ether oxygens (including phenoxy) is 1. The van der Waals surface area contributed by atoms with Gasteiger partial charge in [-0.15, -0.1) is 0 Å². The summed E-state index contributed by atoms with van der Waals surface area (Å²) >= 11 is 9.03. The molecule has 0 atom stereocenters. The van der Waals surface area contributed by atoms with Crippen molar-refractivity contribution in [2.24, 2.45) is 4.99 Å². The second-order valence-corrected chi connectivity index (χ2v) is 7.66. The highest BCUT2D eigenvalue weighted by atomic mass is 35.5. The normalized spacial score (nSPS) is 13.5. The number of nitrogens with one attached hydrogen (secondary N) is 1. The van der Waals surface area contributed by atoms with Crippen molar-refractivity contribution in [2.75, 3.05) is 23.4 Å². The lowest BCUT2D eigenvalue weighted by atomic mass is 10.3. The number of nitrogens with zero attached hydrogens (tertiary/aromatic N) is 1. The van der Waals surface area contributed by atoms with E-state index in [1.807, 2.05) is 24.3 Å². The average Bonchev–Trinajstić information content (AvgIpc) is 3.10. The lowest BCUT2D eigenvalue weighted by Crippen LogP contribution is -2.14. The quantitative estimate of drug-likeness (QED) is 0.803. The van der Waals surface area contributed by atoms with Crippen molar-refractivity contribution >= 4 is 51.1 Å². The van der Waals surface area contributed by atoms with Gasteiger partial charge < -0.3 is 10.1 Å². The van der Waals surface area contributed by atoms with Crippen molar-refractivity contribution in [1.29, 1.82) is 0 Å². The van der Waals surface area contributed by atoms with Crippen LogP contribution in [0, 0.1) is 0 Å². The number of anilines is 1. The van der Waals surface area contributed by atoms with Crippen molar-refractivity contribution in [3.63, 3.8) is 0 Å². The summed E-state index contributed by atoms with van der Waals surface area (Å²) in [5.74, 6) is 2.75. The van der Waals surface area contributed by atoms with E-state index in [2.05, 4.69) is 10.3 Å². The molecule has 124 valence electrons. The van der Waals surface area contributed by atoms with Crippen LogP contribution in [0.4, 0.5) is 5.69 Å². The van der Waals surface area contributed by atoms with Gasteiger partial charge >= 0.3 is 0 Å². The molecule has 0 radical (unpaired) electrons. The fraction of sp³-hybridized carbons (Fsp3) is 0.176. The molecule has 0 fully saturated rings. The molecule has 0 saturated heterocycles. The first kappa shape index (κ1) is 17.2. The highest BCUT2D eigenvalue weighted by Crippen LogP contribution is 2.25. The summed E-state index contributed by atoms with van der Waals surface area (Å²) in [4.78, 5) is 16.2. The monoisotopic (exact) mass is 378 g/mol. The Bertz CT molecular complexity index is 733. The van der Waals surface area contributed by atoms with E-state index in [0.717, 1.165) is 22.4 Å². The van der Waals surface area contributed by atoms with E-state index in [1.165, 1.54) is 11.8 Å². The number of hydrogen-bond donors (Lipinski definition) is 1. The number of carbonyl (C=O) groups excluding carboxylic acids is 1. The van der Waals surface area contributed by atoms with Crippen LogP contribution in [-0.2, 0) is 4.79 Å². The number of carbonyl (C=O) groups is 1. The maximum Gasteiger partial charge on any atom is 0.234 e. The zero-order chi connectivity index (χ0) is 16.8. The smallest absolute Gasteiger partial charge is 0.234 e. The van der Waals surface area contributed by atoms with Gasteiger partial charge in [-0.25, -0.2) is 0 Å². The molecule has 1 aliphatic heterocycles. The van der Waals surface area contributed by atoms with Gasteiger partial charge in [-0.1, -0.05) is 35.1 Å².